The SMILES string of the molecule is CCCC(C)C(N)c1ccc(OC)cc1Cl. The lowest BCUT2D eigenvalue weighted by molar-refractivity contribution is 0.412. The molecule has 0 amide bonds. The summed E-state index contributed by atoms with van der Waals surface area (Å²) in [7, 11) is 1.63. The summed E-state index contributed by atoms with van der Waals surface area (Å²) in [4.78, 5) is 0. The first kappa shape index (κ1) is 13.3. The van der Waals surface area contributed by atoms with Crippen LogP contribution < -0.4 is 10.5 Å². The molecular formula is C13H20ClNO. The highest BCUT2D eigenvalue weighted by Gasteiger charge is 2.17. The predicted octanol–water partition coefficient (Wildman–Crippen LogP) is 3.78. The number of methoxy groups -OCH3 is 1. The van der Waals surface area contributed by atoms with Gasteiger partial charge in [-0.3, -0.25) is 0 Å². The van der Waals surface area contributed by atoms with Crippen molar-refractivity contribution in [2.75, 3.05) is 7.11 Å². The first-order valence-corrected chi connectivity index (χ1v) is 6.07. The summed E-state index contributed by atoms with van der Waals surface area (Å²) in [6.07, 6.45) is 2.26. The number of benzene rings is 1. The van der Waals surface area contributed by atoms with Crippen LogP contribution in [-0.4, -0.2) is 7.11 Å². The molecule has 2 N–H and O–H groups in total. The van der Waals surface area contributed by atoms with Crippen LogP contribution in [0.5, 0.6) is 5.75 Å². The quantitative estimate of drug-likeness (QED) is 0.852. The molecule has 1 aromatic carbocycles. The molecule has 0 saturated carbocycles. The summed E-state index contributed by atoms with van der Waals surface area (Å²) in [6, 6.07) is 5.67. The molecule has 2 atom stereocenters. The first-order valence-electron chi connectivity index (χ1n) is 5.69. The zero-order valence-corrected chi connectivity index (χ0v) is 10.9. The van der Waals surface area contributed by atoms with Gasteiger partial charge in [0, 0.05) is 11.1 Å². The van der Waals surface area contributed by atoms with Crippen LogP contribution >= 0.6 is 11.6 Å². The lowest BCUT2D eigenvalue weighted by Crippen LogP contribution is -2.19. The molecule has 1 aromatic rings. The standard InChI is InChI=1S/C13H20ClNO/c1-4-5-9(2)13(15)11-7-6-10(16-3)8-12(11)14/h6-9,13H,4-5,15H2,1-3H3. The van der Waals surface area contributed by atoms with E-state index in [1.165, 1.54) is 0 Å². The molecule has 0 spiro atoms. The van der Waals surface area contributed by atoms with Crippen LogP contribution in [0.1, 0.15) is 38.3 Å². The van der Waals surface area contributed by atoms with Gasteiger partial charge in [0.05, 0.1) is 7.11 Å². The van der Waals surface area contributed by atoms with Crippen molar-refractivity contribution in [3.8, 4) is 5.75 Å². The maximum Gasteiger partial charge on any atom is 0.120 e. The van der Waals surface area contributed by atoms with Crippen LogP contribution in [0.4, 0.5) is 0 Å². The van der Waals surface area contributed by atoms with Crippen molar-refractivity contribution in [3.63, 3.8) is 0 Å². The van der Waals surface area contributed by atoms with Gasteiger partial charge in [-0.25, -0.2) is 0 Å². The molecule has 0 aliphatic heterocycles. The van der Waals surface area contributed by atoms with Gasteiger partial charge in [-0.05, 0) is 30.0 Å². The molecule has 90 valence electrons. The van der Waals surface area contributed by atoms with Crippen LogP contribution in [0.2, 0.25) is 5.02 Å². The number of halogens is 1. The molecule has 0 heterocycles. The van der Waals surface area contributed by atoms with Crippen molar-refractivity contribution in [2.24, 2.45) is 11.7 Å². The fraction of sp³-hybridized carbons (Fsp3) is 0.538. The minimum absolute atomic E-state index is 0.00152. The fourth-order valence-corrected chi connectivity index (χ4v) is 2.14. The Bertz CT molecular complexity index is 341. The van der Waals surface area contributed by atoms with Crippen LogP contribution in [0.15, 0.2) is 18.2 Å². The lowest BCUT2D eigenvalue weighted by atomic mass is 9.92. The topological polar surface area (TPSA) is 35.2 Å². The lowest BCUT2D eigenvalue weighted by Gasteiger charge is -2.21. The minimum atomic E-state index is -0.00152. The highest BCUT2D eigenvalue weighted by Crippen LogP contribution is 2.31. The summed E-state index contributed by atoms with van der Waals surface area (Å²) in [5, 5.41) is 0.690. The van der Waals surface area contributed by atoms with Gasteiger partial charge in [0.15, 0.2) is 0 Å². The third-order valence-electron chi connectivity index (χ3n) is 2.92. The molecular weight excluding hydrogens is 222 g/mol. The molecule has 2 nitrogen and oxygen atoms in total. The van der Waals surface area contributed by atoms with Gasteiger partial charge in [-0.2, -0.15) is 0 Å². The first-order chi connectivity index (χ1) is 7.60. The Hall–Kier alpha value is -0.730. The highest BCUT2D eigenvalue weighted by molar-refractivity contribution is 6.31. The van der Waals surface area contributed by atoms with Gasteiger partial charge < -0.3 is 10.5 Å². The van der Waals surface area contributed by atoms with E-state index in [1.54, 1.807) is 7.11 Å². The van der Waals surface area contributed by atoms with Gasteiger partial charge in [-0.15, -0.1) is 0 Å². The number of hydrogen-bond donors (Lipinski definition) is 1. The van der Waals surface area contributed by atoms with Crippen molar-refractivity contribution >= 4 is 11.6 Å². The third-order valence-corrected chi connectivity index (χ3v) is 3.25. The Morgan fingerprint density at radius 1 is 1.44 bits per heavy atom. The Balaban J connectivity index is 2.87. The van der Waals surface area contributed by atoms with Crippen molar-refractivity contribution in [2.45, 2.75) is 32.7 Å². The second kappa shape index (κ2) is 6.12. The van der Waals surface area contributed by atoms with Gasteiger partial charge >= 0.3 is 0 Å². The molecule has 16 heavy (non-hydrogen) atoms. The van der Waals surface area contributed by atoms with Gasteiger partial charge in [-0.1, -0.05) is 37.9 Å². The summed E-state index contributed by atoms with van der Waals surface area (Å²) in [5.74, 6) is 1.21. The maximum absolute atomic E-state index is 6.19. The van der Waals surface area contributed by atoms with E-state index in [1.807, 2.05) is 18.2 Å². The van der Waals surface area contributed by atoms with Crippen LogP contribution in [0, 0.1) is 5.92 Å². The van der Waals surface area contributed by atoms with Crippen molar-refractivity contribution < 1.29 is 4.74 Å². The van der Waals surface area contributed by atoms with Crippen molar-refractivity contribution in [1.82, 2.24) is 0 Å². The Morgan fingerprint density at radius 2 is 2.12 bits per heavy atom. The zero-order chi connectivity index (χ0) is 12.1. The van der Waals surface area contributed by atoms with Crippen molar-refractivity contribution in [1.29, 1.82) is 0 Å². The van der Waals surface area contributed by atoms with E-state index in [0.717, 1.165) is 24.2 Å². The predicted molar refractivity (Wildman–Crippen MR) is 69.0 cm³/mol. The Labute approximate surface area is 103 Å². The number of nitrogens with two attached hydrogens (primary N) is 1. The van der Waals surface area contributed by atoms with Gasteiger partial charge in [0.1, 0.15) is 5.75 Å². The van der Waals surface area contributed by atoms with E-state index >= 15 is 0 Å². The van der Waals surface area contributed by atoms with E-state index in [9.17, 15) is 0 Å². The van der Waals surface area contributed by atoms with E-state index in [4.69, 9.17) is 22.1 Å². The molecule has 1 rings (SSSR count). The molecule has 0 aliphatic rings. The summed E-state index contributed by atoms with van der Waals surface area (Å²) < 4.78 is 5.11. The zero-order valence-electron chi connectivity index (χ0n) is 10.2. The number of rotatable bonds is 5. The van der Waals surface area contributed by atoms with E-state index in [0.29, 0.717) is 10.9 Å². The molecule has 0 aromatic heterocycles. The average molecular weight is 242 g/mol. The highest BCUT2D eigenvalue weighted by atomic mass is 35.5. The van der Waals surface area contributed by atoms with E-state index < -0.39 is 0 Å². The minimum Gasteiger partial charge on any atom is -0.497 e. The monoisotopic (exact) mass is 241 g/mol. The third kappa shape index (κ3) is 3.13. The Morgan fingerprint density at radius 3 is 2.62 bits per heavy atom. The normalized spacial score (nSPS) is 14.6. The van der Waals surface area contributed by atoms with Crippen LogP contribution in [-0.2, 0) is 0 Å². The average Bonchev–Trinajstić information content (AvgIpc) is 2.28. The molecule has 0 radical (unpaired) electrons. The summed E-state index contributed by atoms with van der Waals surface area (Å²) in [6.45, 7) is 4.33. The van der Waals surface area contributed by atoms with E-state index in [2.05, 4.69) is 13.8 Å². The molecule has 0 saturated heterocycles. The second-order valence-electron chi connectivity index (χ2n) is 4.18. The maximum atomic E-state index is 6.19. The van der Waals surface area contributed by atoms with Gasteiger partial charge in [0.25, 0.3) is 0 Å². The second-order valence-corrected chi connectivity index (χ2v) is 4.59. The summed E-state index contributed by atoms with van der Waals surface area (Å²) >= 11 is 6.19. The molecule has 3 heteroatoms. The molecule has 0 bridgehead atoms. The molecule has 0 fully saturated rings. The largest absolute Gasteiger partial charge is 0.497 e. The summed E-state index contributed by atoms with van der Waals surface area (Å²) in [5.41, 5.74) is 7.19. The van der Waals surface area contributed by atoms with E-state index in [-0.39, 0.29) is 6.04 Å². The fourth-order valence-electron chi connectivity index (χ4n) is 1.85. The number of hydrogen-bond acceptors (Lipinski definition) is 2. The van der Waals surface area contributed by atoms with Crippen molar-refractivity contribution in [3.05, 3.63) is 28.8 Å². The molecule has 2 unspecified atom stereocenters. The number of ether oxygens (including phenoxy) is 1. The Kier molecular flexibility index (Phi) is 5.10. The molecule has 0 aliphatic carbocycles. The smallest absolute Gasteiger partial charge is 0.120 e. The van der Waals surface area contributed by atoms with Gasteiger partial charge in [0.2, 0.25) is 0 Å². The van der Waals surface area contributed by atoms with Crippen LogP contribution in [0.25, 0.3) is 0 Å². The van der Waals surface area contributed by atoms with Crippen LogP contribution in [0.3, 0.4) is 0 Å².